The molecular weight excluding hydrogens is 519 g/mol. The average molecular weight is 546 g/mol. The molecule has 31 heavy (non-hydrogen) atoms. The fourth-order valence-electron chi connectivity index (χ4n) is 2.88. The van der Waals surface area contributed by atoms with Gasteiger partial charge in [0.15, 0.2) is 0 Å². The van der Waals surface area contributed by atoms with Crippen LogP contribution in [0.2, 0.25) is 10.0 Å². The predicted molar refractivity (Wildman–Crippen MR) is 135 cm³/mol. The van der Waals surface area contributed by atoms with E-state index < -0.39 is 6.04 Å². The summed E-state index contributed by atoms with van der Waals surface area (Å²) in [5.41, 5.74) is 1.36. The quantitative estimate of drug-likeness (QED) is 0.422. The van der Waals surface area contributed by atoms with Crippen LogP contribution in [0.1, 0.15) is 38.8 Å². The Bertz CT molecular complexity index is 914. The van der Waals surface area contributed by atoms with E-state index >= 15 is 0 Å². The Morgan fingerprint density at radius 2 is 1.74 bits per heavy atom. The Morgan fingerprint density at radius 1 is 1.13 bits per heavy atom. The van der Waals surface area contributed by atoms with Gasteiger partial charge in [0.05, 0.1) is 5.75 Å². The van der Waals surface area contributed by atoms with Gasteiger partial charge in [-0.2, -0.15) is 0 Å². The smallest absolute Gasteiger partial charge is 0.242 e. The minimum atomic E-state index is -0.616. The van der Waals surface area contributed by atoms with Crippen LogP contribution in [0.3, 0.4) is 0 Å². The second kappa shape index (κ2) is 11.6. The Morgan fingerprint density at radius 3 is 2.32 bits per heavy atom. The third-order valence-corrected chi connectivity index (χ3v) is 6.59. The topological polar surface area (TPSA) is 49.4 Å². The van der Waals surface area contributed by atoms with Crippen molar-refractivity contribution in [1.82, 2.24) is 10.2 Å². The molecule has 2 rings (SSSR count). The Hall–Kier alpha value is -1.21. The van der Waals surface area contributed by atoms with Crippen molar-refractivity contribution in [2.75, 3.05) is 5.75 Å². The van der Waals surface area contributed by atoms with E-state index in [9.17, 15) is 9.59 Å². The van der Waals surface area contributed by atoms with Crippen LogP contribution in [0.4, 0.5) is 0 Å². The predicted octanol–water partition coefficient (Wildman–Crippen LogP) is 6.32. The first-order valence-corrected chi connectivity index (χ1v) is 12.5. The van der Waals surface area contributed by atoms with Crippen LogP contribution in [-0.2, 0) is 21.9 Å². The normalized spacial score (nSPS) is 12.4. The molecule has 0 saturated carbocycles. The zero-order valence-electron chi connectivity index (χ0n) is 18.0. The van der Waals surface area contributed by atoms with Crippen LogP contribution >= 0.6 is 50.9 Å². The number of carbonyl (C=O) groups excluding carboxylic acids is 2. The number of amides is 2. The molecule has 168 valence electrons. The molecule has 0 aromatic heterocycles. The third kappa shape index (κ3) is 8.33. The van der Waals surface area contributed by atoms with Crippen molar-refractivity contribution in [2.24, 2.45) is 0 Å². The molecule has 0 radical (unpaired) electrons. The van der Waals surface area contributed by atoms with Gasteiger partial charge in [-0.3, -0.25) is 9.59 Å². The zero-order valence-corrected chi connectivity index (χ0v) is 22.0. The molecule has 8 heteroatoms. The maximum Gasteiger partial charge on any atom is 0.242 e. The molecule has 1 N–H and O–H groups in total. The number of nitrogens with one attached hydrogen (secondary N) is 1. The summed E-state index contributed by atoms with van der Waals surface area (Å²) in [5.74, 6) is 0.417. The van der Waals surface area contributed by atoms with Gasteiger partial charge in [-0.05, 0) is 63.1 Å². The van der Waals surface area contributed by atoms with Crippen molar-refractivity contribution < 1.29 is 9.59 Å². The van der Waals surface area contributed by atoms with E-state index in [0.717, 1.165) is 15.6 Å². The minimum Gasteiger partial charge on any atom is -0.350 e. The van der Waals surface area contributed by atoms with E-state index in [2.05, 4.69) is 21.2 Å². The van der Waals surface area contributed by atoms with Gasteiger partial charge in [-0.15, -0.1) is 11.8 Å². The number of rotatable bonds is 8. The van der Waals surface area contributed by atoms with Gasteiger partial charge >= 0.3 is 0 Å². The molecule has 0 aliphatic carbocycles. The molecule has 0 heterocycles. The highest BCUT2D eigenvalue weighted by Crippen LogP contribution is 2.28. The first-order chi connectivity index (χ1) is 14.5. The van der Waals surface area contributed by atoms with E-state index in [1.807, 2.05) is 45.0 Å². The van der Waals surface area contributed by atoms with Gasteiger partial charge in [0.2, 0.25) is 11.8 Å². The van der Waals surface area contributed by atoms with Gasteiger partial charge < -0.3 is 10.2 Å². The third-order valence-electron chi connectivity index (χ3n) is 4.44. The number of carbonyl (C=O) groups is 2. The largest absolute Gasteiger partial charge is 0.350 e. The van der Waals surface area contributed by atoms with E-state index in [-0.39, 0.29) is 23.1 Å². The van der Waals surface area contributed by atoms with Crippen LogP contribution in [-0.4, -0.2) is 34.0 Å². The molecule has 2 aromatic carbocycles. The van der Waals surface area contributed by atoms with Crippen LogP contribution in [0.25, 0.3) is 0 Å². The van der Waals surface area contributed by atoms with Crippen LogP contribution < -0.4 is 5.32 Å². The van der Waals surface area contributed by atoms with Crippen molar-refractivity contribution in [2.45, 2.75) is 51.6 Å². The molecule has 0 saturated heterocycles. The summed E-state index contributed by atoms with van der Waals surface area (Å²) in [7, 11) is 0. The summed E-state index contributed by atoms with van der Waals surface area (Å²) in [4.78, 5) is 27.6. The lowest BCUT2D eigenvalue weighted by Gasteiger charge is -2.31. The number of nitrogens with zero attached hydrogens (tertiary/aromatic N) is 1. The van der Waals surface area contributed by atoms with Crippen LogP contribution in [0.5, 0.6) is 0 Å². The molecule has 0 aliphatic rings. The van der Waals surface area contributed by atoms with Crippen molar-refractivity contribution in [3.05, 3.63) is 68.1 Å². The highest BCUT2D eigenvalue weighted by Gasteiger charge is 2.28. The van der Waals surface area contributed by atoms with Crippen molar-refractivity contribution in [3.63, 3.8) is 0 Å². The molecule has 0 spiro atoms. The van der Waals surface area contributed by atoms with E-state index in [1.54, 1.807) is 30.0 Å². The fourth-order valence-corrected chi connectivity index (χ4v) is 4.98. The monoisotopic (exact) mass is 544 g/mol. The summed E-state index contributed by atoms with van der Waals surface area (Å²) in [5, 5.41) is 4.12. The maximum atomic E-state index is 13.2. The van der Waals surface area contributed by atoms with Gasteiger partial charge in [-0.25, -0.2) is 0 Å². The molecule has 2 amide bonds. The Kier molecular flexibility index (Phi) is 9.74. The molecule has 2 aromatic rings. The standard InChI is InChI=1S/C23H27BrCl2N2O2S/c1-15(22(30)27-23(2,3)4)28(12-16-7-5-8-17(24)11-16)21(29)14-31-13-18-19(25)9-6-10-20(18)26/h5-11,15H,12-14H2,1-4H3,(H,27,30)/t15-/m0/s1. The first-order valence-electron chi connectivity index (χ1n) is 9.84. The second-order valence-corrected chi connectivity index (χ2v) is 11.0. The number of hydrogen-bond donors (Lipinski definition) is 1. The molecule has 0 fully saturated rings. The van der Waals surface area contributed by atoms with Crippen molar-refractivity contribution >= 4 is 62.7 Å². The molecule has 0 bridgehead atoms. The van der Waals surface area contributed by atoms with Gasteiger partial charge in [0, 0.05) is 32.4 Å². The number of halogens is 3. The highest BCUT2D eigenvalue weighted by atomic mass is 79.9. The average Bonchev–Trinajstić information content (AvgIpc) is 2.66. The van der Waals surface area contributed by atoms with Crippen LogP contribution in [0, 0.1) is 0 Å². The summed E-state index contributed by atoms with van der Waals surface area (Å²) in [6.45, 7) is 7.85. The van der Waals surface area contributed by atoms with Gasteiger partial charge in [0.1, 0.15) is 6.04 Å². The number of benzene rings is 2. The van der Waals surface area contributed by atoms with Gasteiger partial charge in [-0.1, -0.05) is 57.3 Å². The second-order valence-electron chi connectivity index (χ2n) is 8.26. The fraction of sp³-hybridized carbons (Fsp3) is 0.391. The summed E-state index contributed by atoms with van der Waals surface area (Å²) >= 11 is 17.4. The summed E-state index contributed by atoms with van der Waals surface area (Å²) in [6, 6.07) is 12.5. The zero-order chi connectivity index (χ0) is 23.2. The molecule has 1 atom stereocenters. The number of thioether (sulfide) groups is 1. The lowest BCUT2D eigenvalue weighted by atomic mass is 10.1. The lowest BCUT2D eigenvalue weighted by molar-refractivity contribution is -0.139. The first kappa shape index (κ1) is 26.0. The molecule has 4 nitrogen and oxygen atoms in total. The lowest BCUT2D eigenvalue weighted by Crippen LogP contribution is -2.52. The van der Waals surface area contributed by atoms with Crippen molar-refractivity contribution in [3.8, 4) is 0 Å². The minimum absolute atomic E-state index is 0.121. The van der Waals surface area contributed by atoms with Gasteiger partial charge in [0.25, 0.3) is 0 Å². The Labute approximate surface area is 207 Å². The maximum absolute atomic E-state index is 13.2. The van der Waals surface area contributed by atoms with E-state index in [0.29, 0.717) is 22.3 Å². The summed E-state index contributed by atoms with van der Waals surface area (Å²) < 4.78 is 0.923. The summed E-state index contributed by atoms with van der Waals surface area (Å²) in [6.07, 6.45) is 0. The van der Waals surface area contributed by atoms with E-state index in [1.165, 1.54) is 11.8 Å². The Balaban J connectivity index is 2.14. The molecule has 0 aliphatic heterocycles. The SMILES string of the molecule is C[C@@H](C(=O)NC(C)(C)C)N(Cc1cccc(Br)c1)C(=O)CSCc1c(Cl)cccc1Cl. The molecule has 0 unspecified atom stereocenters. The van der Waals surface area contributed by atoms with Crippen molar-refractivity contribution in [1.29, 1.82) is 0 Å². The van der Waals surface area contributed by atoms with E-state index in [4.69, 9.17) is 23.2 Å². The van der Waals surface area contributed by atoms with Crippen LogP contribution in [0.15, 0.2) is 46.9 Å². The highest BCUT2D eigenvalue weighted by molar-refractivity contribution is 9.10. The number of hydrogen-bond acceptors (Lipinski definition) is 3. The molecular formula is C23H27BrCl2N2O2S.